The van der Waals surface area contributed by atoms with E-state index in [4.69, 9.17) is 10.5 Å². The van der Waals surface area contributed by atoms with E-state index in [1.54, 1.807) is 0 Å². The highest BCUT2D eigenvalue weighted by atomic mass is 16.5. The molecule has 29 heavy (non-hydrogen) atoms. The quantitative estimate of drug-likeness (QED) is 0.455. The van der Waals surface area contributed by atoms with E-state index in [-0.39, 0.29) is 6.03 Å². The van der Waals surface area contributed by atoms with Gasteiger partial charge in [0.05, 0.1) is 6.61 Å². The molecular weight excluding hydrogens is 360 g/mol. The summed E-state index contributed by atoms with van der Waals surface area (Å²) in [6, 6.07) is 14.7. The number of rotatable bonds is 11. The van der Waals surface area contributed by atoms with E-state index in [1.165, 1.54) is 55.7 Å². The van der Waals surface area contributed by atoms with Crippen LogP contribution in [0.1, 0.15) is 70.6 Å². The van der Waals surface area contributed by atoms with E-state index >= 15 is 0 Å². The number of benzene rings is 2. The predicted molar refractivity (Wildman–Crippen MR) is 120 cm³/mol. The second kappa shape index (κ2) is 11.7. The summed E-state index contributed by atoms with van der Waals surface area (Å²) in [5.74, 6) is 0.984. The standard InChI is InChI=1S/C25H36N2O2/c26-25(28)27(22-15-6-5-7-16-22)19-10-3-1-2-4-11-20-29-24-18-12-14-21-13-8-9-17-23(21)24/h8-9,12-14,17-18,22H,1-7,10-11,15-16,19-20H2,(H2,26,28). The Kier molecular flexibility index (Phi) is 8.66. The largest absolute Gasteiger partial charge is 0.493 e. The molecule has 4 nitrogen and oxygen atoms in total. The van der Waals surface area contributed by atoms with Crippen LogP contribution in [0.25, 0.3) is 10.8 Å². The first-order valence-corrected chi connectivity index (χ1v) is 11.4. The molecule has 2 N–H and O–H groups in total. The monoisotopic (exact) mass is 396 g/mol. The van der Waals surface area contributed by atoms with E-state index in [0.29, 0.717) is 6.04 Å². The SMILES string of the molecule is NC(=O)N(CCCCCCCCOc1cccc2ccccc12)C1CCCCC1. The maximum absolute atomic E-state index is 11.8. The van der Waals surface area contributed by atoms with Crippen molar-refractivity contribution in [2.75, 3.05) is 13.2 Å². The van der Waals surface area contributed by atoms with Gasteiger partial charge in [-0.15, -0.1) is 0 Å². The average Bonchev–Trinajstić information content (AvgIpc) is 2.75. The van der Waals surface area contributed by atoms with Crippen LogP contribution in [0.15, 0.2) is 42.5 Å². The van der Waals surface area contributed by atoms with Crippen LogP contribution in [0.5, 0.6) is 5.75 Å². The average molecular weight is 397 g/mol. The maximum Gasteiger partial charge on any atom is 0.315 e. The Labute approximate surface area is 175 Å². The molecule has 0 bridgehead atoms. The molecule has 0 saturated heterocycles. The smallest absolute Gasteiger partial charge is 0.315 e. The molecule has 1 saturated carbocycles. The minimum Gasteiger partial charge on any atom is -0.493 e. The number of unbranched alkanes of at least 4 members (excludes halogenated alkanes) is 5. The van der Waals surface area contributed by atoms with Crippen molar-refractivity contribution in [3.05, 3.63) is 42.5 Å². The molecule has 2 aromatic rings. The molecule has 0 aromatic heterocycles. The summed E-state index contributed by atoms with van der Waals surface area (Å²) in [5, 5.41) is 2.41. The minimum atomic E-state index is -0.234. The number of primary amides is 1. The number of fused-ring (bicyclic) bond motifs is 1. The zero-order valence-electron chi connectivity index (χ0n) is 17.7. The van der Waals surface area contributed by atoms with Crippen LogP contribution in [0, 0.1) is 0 Å². The summed E-state index contributed by atoms with van der Waals surface area (Å²) in [4.78, 5) is 13.7. The van der Waals surface area contributed by atoms with Gasteiger partial charge in [-0.3, -0.25) is 0 Å². The van der Waals surface area contributed by atoms with E-state index in [9.17, 15) is 4.79 Å². The Morgan fingerprint density at radius 2 is 1.59 bits per heavy atom. The van der Waals surface area contributed by atoms with Gasteiger partial charge >= 0.3 is 6.03 Å². The lowest BCUT2D eigenvalue weighted by atomic mass is 9.94. The lowest BCUT2D eigenvalue weighted by molar-refractivity contribution is 0.162. The van der Waals surface area contributed by atoms with Gasteiger partial charge in [-0.2, -0.15) is 0 Å². The first-order chi connectivity index (χ1) is 14.3. The Morgan fingerprint density at radius 1 is 0.897 bits per heavy atom. The van der Waals surface area contributed by atoms with Crippen molar-refractivity contribution in [3.8, 4) is 5.75 Å². The van der Waals surface area contributed by atoms with Crippen LogP contribution in [-0.4, -0.2) is 30.1 Å². The van der Waals surface area contributed by atoms with Gasteiger partial charge in [0.2, 0.25) is 0 Å². The van der Waals surface area contributed by atoms with Gasteiger partial charge in [-0.1, -0.05) is 81.3 Å². The van der Waals surface area contributed by atoms with Gasteiger partial charge in [0.25, 0.3) is 0 Å². The van der Waals surface area contributed by atoms with Crippen molar-refractivity contribution in [3.63, 3.8) is 0 Å². The fourth-order valence-electron chi connectivity index (χ4n) is 4.46. The number of ether oxygens (including phenoxy) is 1. The van der Waals surface area contributed by atoms with Crippen molar-refractivity contribution in [1.82, 2.24) is 4.90 Å². The summed E-state index contributed by atoms with van der Waals surface area (Å²) in [6.45, 7) is 1.59. The van der Waals surface area contributed by atoms with Gasteiger partial charge in [0, 0.05) is 18.0 Å². The van der Waals surface area contributed by atoms with Crippen molar-refractivity contribution in [2.45, 2.75) is 76.7 Å². The van der Waals surface area contributed by atoms with E-state index in [1.807, 2.05) is 4.90 Å². The molecule has 3 rings (SSSR count). The minimum absolute atomic E-state index is 0.234. The zero-order valence-corrected chi connectivity index (χ0v) is 17.7. The number of amides is 2. The van der Waals surface area contributed by atoms with Crippen molar-refractivity contribution >= 4 is 16.8 Å². The second-order valence-electron chi connectivity index (χ2n) is 8.27. The van der Waals surface area contributed by atoms with Crippen molar-refractivity contribution in [2.24, 2.45) is 5.73 Å². The van der Waals surface area contributed by atoms with Crippen LogP contribution in [-0.2, 0) is 0 Å². The van der Waals surface area contributed by atoms with Crippen molar-refractivity contribution < 1.29 is 9.53 Å². The lowest BCUT2D eigenvalue weighted by Gasteiger charge is -2.33. The molecule has 158 valence electrons. The number of carbonyl (C=O) groups excluding carboxylic acids is 1. The molecule has 0 spiro atoms. The molecule has 0 radical (unpaired) electrons. The van der Waals surface area contributed by atoms with Gasteiger partial charge in [-0.05, 0) is 37.1 Å². The number of hydrogen-bond donors (Lipinski definition) is 1. The molecule has 1 fully saturated rings. The van der Waals surface area contributed by atoms with Crippen molar-refractivity contribution in [1.29, 1.82) is 0 Å². The fraction of sp³-hybridized carbons (Fsp3) is 0.560. The van der Waals surface area contributed by atoms with Crippen LogP contribution in [0.2, 0.25) is 0 Å². The summed E-state index contributed by atoms with van der Waals surface area (Å²) >= 11 is 0. The molecule has 0 unspecified atom stereocenters. The third kappa shape index (κ3) is 6.66. The Bertz CT molecular complexity index is 750. The Hall–Kier alpha value is -2.23. The van der Waals surface area contributed by atoms with Gasteiger partial charge in [-0.25, -0.2) is 4.79 Å². The van der Waals surface area contributed by atoms with Gasteiger partial charge < -0.3 is 15.4 Å². The first kappa shape index (κ1) is 21.5. The number of hydrogen-bond acceptors (Lipinski definition) is 2. The number of carbonyl (C=O) groups is 1. The molecule has 0 heterocycles. The second-order valence-corrected chi connectivity index (χ2v) is 8.27. The van der Waals surface area contributed by atoms with E-state index < -0.39 is 0 Å². The highest BCUT2D eigenvalue weighted by molar-refractivity contribution is 5.88. The Morgan fingerprint density at radius 3 is 2.38 bits per heavy atom. The number of nitrogens with zero attached hydrogens (tertiary/aromatic N) is 1. The first-order valence-electron chi connectivity index (χ1n) is 11.4. The predicted octanol–water partition coefficient (Wildman–Crippen LogP) is 6.27. The van der Waals surface area contributed by atoms with Crippen LogP contribution in [0.3, 0.4) is 0 Å². The fourth-order valence-corrected chi connectivity index (χ4v) is 4.46. The molecule has 0 aliphatic heterocycles. The lowest BCUT2D eigenvalue weighted by Crippen LogP contribution is -2.45. The van der Waals surface area contributed by atoms with Crippen LogP contribution >= 0.6 is 0 Å². The number of urea groups is 1. The van der Waals surface area contributed by atoms with E-state index in [2.05, 4.69) is 42.5 Å². The van der Waals surface area contributed by atoms with Gasteiger partial charge in [0.15, 0.2) is 0 Å². The molecule has 1 aliphatic rings. The van der Waals surface area contributed by atoms with Gasteiger partial charge in [0.1, 0.15) is 5.75 Å². The third-order valence-electron chi connectivity index (χ3n) is 6.10. The summed E-state index contributed by atoms with van der Waals surface area (Å²) < 4.78 is 6.01. The molecule has 2 amide bonds. The molecule has 0 atom stereocenters. The highest BCUT2D eigenvalue weighted by Crippen LogP contribution is 2.25. The molecular formula is C25H36N2O2. The van der Waals surface area contributed by atoms with Crippen LogP contribution < -0.4 is 10.5 Å². The Balaban J connectivity index is 1.26. The highest BCUT2D eigenvalue weighted by Gasteiger charge is 2.23. The molecule has 1 aliphatic carbocycles. The zero-order chi connectivity index (χ0) is 20.3. The molecule has 2 aromatic carbocycles. The summed E-state index contributed by atoms with van der Waals surface area (Å²) in [5.41, 5.74) is 5.62. The normalized spacial score (nSPS) is 14.8. The molecule has 4 heteroatoms. The van der Waals surface area contributed by atoms with E-state index in [0.717, 1.165) is 44.6 Å². The van der Waals surface area contributed by atoms with Crippen LogP contribution in [0.4, 0.5) is 4.79 Å². The maximum atomic E-state index is 11.8. The summed E-state index contributed by atoms with van der Waals surface area (Å²) in [7, 11) is 0. The number of nitrogens with two attached hydrogens (primary N) is 1. The topological polar surface area (TPSA) is 55.6 Å². The summed E-state index contributed by atoms with van der Waals surface area (Å²) in [6.07, 6.45) is 12.9. The third-order valence-corrected chi connectivity index (χ3v) is 6.10.